The topological polar surface area (TPSA) is 58.2 Å². The van der Waals surface area contributed by atoms with Crippen molar-refractivity contribution in [3.8, 4) is 0 Å². The van der Waals surface area contributed by atoms with E-state index < -0.39 is 23.0 Å². The Kier molecular flexibility index (Phi) is 5.46. The van der Waals surface area contributed by atoms with Gasteiger partial charge in [-0.05, 0) is 24.7 Å². The van der Waals surface area contributed by atoms with Gasteiger partial charge in [0.05, 0.1) is 11.6 Å². The molecular formula is C10H13ClF2N2O2S. The maximum Gasteiger partial charge on any atom is 0.251 e. The van der Waals surface area contributed by atoms with Crippen LogP contribution in [0.15, 0.2) is 23.1 Å². The van der Waals surface area contributed by atoms with Crippen molar-refractivity contribution in [3.63, 3.8) is 0 Å². The third kappa shape index (κ3) is 4.16. The van der Waals surface area contributed by atoms with Crippen molar-refractivity contribution in [1.29, 1.82) is 0 Å². The van der Waals surface area contributed by atoms with Crippen LogP contribution in [0.25, 0.3) is 0 Å². The van der Waals surface area contributed by atoms with E-state index in [1.807, 2.05) is 0 Å². The van der Waals surface area contributed by atoms with Gasteiger partial charge in [0.25, 0.3) is 6.43 Å². The Morgan fingerprint density at radius 2 is 2.06 bits per heavy atom. The number of alkyl halides is 2. The fourth-order valence-corrected chi connectivity index (χ4v) is 2.87. The molecule has 0 aliphatic heterocycles. The average Bonchev–Trinajstić information content (AvgIpc) is 2.29. The number of benzene rings is 1. The van der Waals surface area contributed by atoms with Crippen molar-refractivity contribution in [2.45, 2.75) is 17.9 Å². The molecule has 0 radical (unpaired) electrons. The van der Waals surface area contributed by atoms with Gasteiger partial charge in [0.15, 0.2) is 0 Å². The van der Waals surface area contributed by atoms with Crippen LogP contribution in [-0.4, -0.2) is 28.4 Å². The Bertz CT molecular complexity index is 509. The molecule has 0 amide bonds. The van der Waals surface area contributed by atoms with Crippen LogP contribution in [0, 0.1) is 0 Å². The number of hydrogen-bond acceptors (Lipinski definition) is 3. The molecule has 0 unspecified atom stereocenters. The summed E-state index contributed by atoms with van der Waals surface area (Å²) in [5, 5.41) is 2.85. The monoisotopic (exact) mass is 298 g/mol. The molecule has 0 saturated heterocycles. The van der Waals surface area contributed by atoms with Gasteiger partial charge in [-0.25, -0.2) is 21.9 Å². The third-order valence-electron chi connectivity index (χ3n) is 2.09. The number of hydrogen-bond donors (Lipinski definition) is 2. The van der Waals surface area contributed by atoms with Crippen molar-refractivity contribution in [2.24, 2.45) is 0 Å². The van der Waals surface area contributed by atoms with E-state index in [1.165, 1.54) is 12.1 Å². The molecule has 1 rings (SSSR count). The molecule has 0 heterocycles. The minimum atomic E-state index is -4.02. The Balaban J connectivity index is 3.03. The lowest BCUT2D eigenvalue weighted by molar-refractivity contribution is 0.153. The van der Waals surface area contributed by atoms with Crippen molar-refractivity contribution in [1.82, 2.24) is 10.0 Å². The van der Waals surface area contributed by atoms with Gasteiger partial charge in [0, 0.05) is 6.54 Å². The summed E-state index contributed by atoms with van der Waals surface area (Å²) in [5.74, 6) is 0. The first-order chi connectivity index (χ1) is 8.36. The maximum absolute atomic E-state index is 12.0. The average molecular weight is 299 g/mol. The van der Waals surface area contributed by atoms with Gasteiger partial charge in [-0.1, -0.05) is 17.7 Å². The number of rotatable bonds is 6. The highest BCUT2D eigenvalue weighted by Gasteiger charge is 2.19. The highest BCUT2D eigenvalue weighted by molar-refractivity contribution is 7.89. The van der Waals surface area contributed by atoms with Crippen LogP contribution in [0.3, 0.4) is 0 Å². The van der Waals surface area contributed by atoms with Crippen LogP contribution in [0.2, 0.25) is 5.02 Å². The summed E-state index contributed by atoms with van der Waals surface area (Å²) in [7, 11) is -2.31. The summed E-state index contributed by atoms with van der Waals surface area (Å²) < 4.78 is 49.4. The van der Waals surface area contributed by atoms with Crippen LogP contribution < -0.4 is 10.0 Å². The molecule has 1 aromatic rings. The minimum absolute atomic E-state index is 0.00313. The standard InChI is InChI=1S/C10H13ClF2N2O2S/c1-14-5-7-2-3-8(11)9(4-7)18(16,17)15-6-10(12)13/h2-4,10,14-15H,5-6H2,1H3. The molecule has 1 aromatic carbocycles. The first-order valence-corrected chi connectivity index (χ1v) is 6.94. The van der Waals surface area contributed by atoms with Crippen molar-refractivity contribution in [3.05, 3.63) is 28.8 Å². The minimum Gasteiger partial charge on any atom is -0.316 e. The summed E-state index contributed by atoms with van der Waals surface area (Å²) in [6.45, 7) is -0.483. The van der Waals surface area contributed by atoms with Gasteiger partial charge in [0.1, 0.15) is 4.90 Å². The number of nitrogens with one attached hydrogen (secondary N) is 2. The van der Waals surface area contributed by atoms with E-state index in [2.05, 4.69) is 5.32 Å². The Labute approximate surface area is 109 Å². The molecule has 18 heavy (non-hydrogen) atoms. The van der Waals surface area contributed by atoms with Crippen LogP contribution in [0.4, 0.5) is 8.78 Å². The molecule has 0 atom stereocenters. The van der Waals surface area contributed by atoms with Gasteiger partial charge < -0.3 is 5.32 Å². The molecule has 102 valence electrons. The van der Waals surface area contributed by atoms with E-state index >= 15 is 0 Å². The van der Waals surface area contributed by atoms with E-state index in [-0.39, 0.29) is 9.92 Å². The lowest BCUT2D eigenvalue weighted by Gasteiger charge is -2.09. The molecule has 0 bridgehead atoms. The molecule has 8 heteroatoms. The Morgan fingerprint density at radius 1 is 1.39 bits per heavy atom. The Hall–Kier alpha value is -0.760. The van der Waals surface area contributed by atoms with Crippen molar-refractivity contribution >= 4 is 21.6 Å². The molecular weight excluding hydrogens is 286 g/mol. The molecule has 0 aliphatic rings. The summed E-state index contributed by atoms with van der Waals surface area (Å²) >= 11 is 5.77. The molecule has 0 aliphatic carbocycles. The largest absolute Gasteiger partial charge is 0.316 e. The molecule has 0 aromatic heterocycles. The van der Waals surface area contributed by atoms with E-state index in [0.29, 0.717) is 12.1 Å². The highest BCUT2D eigenvalue weighted by Crippen LogP contribution is 2.22. The fraction of sp³-hybridized carbons (Fsp3) is 0.400. The predicted molar refractivity (Wildman–Crippen MR) is 65.4 cm³/mol. The molecule has 2 N–H and O–H groups in total. The van der Waals surface area contributed by atoms with Gasteiger partial charge >= 0.3 is 0 Å². The predicted octanol–water partition coefficient (Wildman–Crippen LogP) is 1.60. The lowest BCUT2D eigenvalue weighted by Crippen LogP contribution is -2.29. The quantitative estimate of drug-likeness (QED) is 0.839. The highest BCUT2D eigenvalue weighted by atomic mass is 35.5. The first-order valence-electron chi connectivity index (χ1n) is 5.07. The van der Waals surface area contributed by atoms with E-state index in [1.54, 1.807) is 17.8 Å². The third-order valence-corrected chi connectivity index (χ3v) is 4.00. The summed E-state index contributed by atoms with van der Waals surface area (Å²) in [4.78, 5) is -0.197. The molecule has 0 spiro atoms. The zero-order valence-corrected chi connectivity index (χ0v) is 11.2. The van der Waals surface area contributed by atoms with Gasteiger partial charge in [-0.2, -0.15) is 0 Å². The molecule has 0 saturated carbocycles. The van der Waals surface area contributed by atoms with Crippen LogP contribution >= 0.6 is 11.6 Å². The number of sulfonamides is 1. The van der Waals surface area contributed by atoms with Gasteiger partial charge in [-0.15, -0.1) is 0 Å². The lowest BCUT2D eigenvalue weighted by atomic mass is 10.2. The van der Waals surface area contributed by atoms with Crippen LogP contribution in [0.5, 0.6) is 0 Å². The van der Waals surface area contributed by atoms with Crippen LogP contribution in [0.1, 0.15) is 5.56 Å². The molecule has 4 nitrogen and oxygen atoms in total. The summed E-state index contributed by atoms with van der Waals surface area (Å²) in [5.41, 5.74) is 0.694. The first kappa shape index (κ1) is 15.3. The summed E-state index contributed by atoms with van der Waals surface area (Å²) in [6.07, 6.45) is -2.75. The second-order valence-electron chi connectivity index (χ2n) is 3.54. The SMILES string of the molecule is CNCc1ccc(Cl)c(S(=O)(=O)NCC(F)F)c1. The smallest absolute Gasteiger partial charge is 0.251 e. The van der Waals surface area contributed by atoms with Crippen molar-refractivity contribution in [2.75, 3.05) is 13.6 Å². The second kappa shape index (κ2) is 6.42. The molecule has 0 fully saturated rings. The van der Waals surface area contributed by atoms with Gasteiger partial charge in [-0.3, -0.25) is 0 Å². The van der Waals surface area contributed by atoms with E-state index in [4.69, 9.17) is 11.6 Å². The van der Waals surface area contributed by atoms with E-state index in [9.17, 15) is 17.2 Å². The van der Waals surface area contributed by atoms with Gasteiger partial charge in [0.2, 0.25) is 10.0 Å². The van der Waals surface area contributed by atoms with Crippen LogP contribution in [-0.2, 0) is 16.6 Å². The summed E-state index contributed by atoms with van der Waals surface area (Å²) in [6, 6.07) is 4.43. The van der Waals surface area contributed by atoms with E-state index in [0.717, 1.165) is 0 Å². The zero-order valence-electron chi connectivity index (χ0n) is 9.58. The normalized spacial score (nSPS) is 12.1. The second-order valence-corrected chi connectivity index (χ2v) is 5.68. The fourth-order valence-electron chi connectivity index (χ4n) is 1.32. The van der Waals surface area contributed by atoms with Crippen molar-refractivity contribution < 1.29 is 17.2 Å². The number of halogens is 3. The zero-order chi connectivity index (χ0) is 13.8. The Morgan fingerprint density at radius 3 is 2.61 bits per heavy atom. The maximum atomic E-state index is 12.0.